The average molecular weight is 320 g/mol. The second-order valence-corrected chi connectivity index (χ2v) is 7.24. The molecule has 124 valence electrons. The van der Waals surface area contributed by atoms with Gasteiger partial charge in [-0.25, -0.2) is 0 Å². The molecule has 2 heterocycles. The number of hydrogen-bond acceptors (Lipinski definition) is 2. The maximum Gasteiger partial charge on any atom is 0.226 e. The molecule has 0 unspecified atom stereocenters. The number of hydrogen-bond donors (Lipinski definition) is 0. The summed E-state index contributed by atoms with van der Waals surface area (Å²) < 4.78 is 0. The zero-order chi connectivity index (χ0) is 16.7. The first-order chi connectivity index (χ1) is 11.6. The van der Waals surface area contributed by atoms with E-state index in [-0.39, 0.29) is 12.0 Å². The van der Waals surface area contributed by atoms with E-state index in [0.717, 1.165) is 31.5 Å². The van der Waals surface area contributed by atoms with Crippen molar-refractivity contribution in [1.29, 1.82) is 0 Å². The van der Waals surface area contributed by atoms with Crippen molar-refractivity contribution in [3.63, 3.8) is 0 Å². The fraction of sp³-hybridized carbons (Fsp3) is 0.429. The summed E-state index contributed by atoms with van der Waals surface area (Å²) in [7, 11) is 0. The molecule has 2 aromatic rings. The van der Waals surface area contributed by atoms with Crippen LogP contribution in [-0.4, -0.2) is 22.3 Å². The number of rotatable bonds is 3. The number of pyridine rings is 1. The molecule has 1 saturated carbocycles. The molecule has 1 saturated heterocycles. The highest BCUT2D eigenvalue weighted by molar-refractivity contribution is 5.83. The Bertz CT molecular complexity index is 756. The van der Waals surface area contributed by atoms with Crippen LogP contribution in [0.2, 0.25) is 0 Å². The van der Waals surface area contributed by atoms with E-state index in [9.17, 15) is 4.79 Å². The van der Waals surface area contributed by atoms with Crippen molar-refractivity contribution in [3.8, 4) is 0 Å². The summed E-state index contributed by atoms with van der Waals surface area (Å²) in [6.45, 7) is 5.15. The van der Waals surface area contributed by atoms with E-state index in [1.54, 1.807) is 0 Å². The van der Waals surface area contributed by atoms with Gasteiger partial charge in [-0.1, -0.05) is 24.3 Å². The van der Waals surface area contributed by atoms with Crippen molar-refractivity contribution in [1.82, 2.24) is 9.88 Å². The number of aryl methyl sites for hydroxylation is 2. The number of benzene rings is 1. The van der Waals surface area contributed by atoms with E-state index in [1.165, 1.54) is 16.7 Å². The van der Waals surface area contributed by atoms with Crippen molar-refractivity contribution in [2.75, 3.05) is 6.54 Å². The Balaban J connectivity index is 1.49. The lowest BCUT2D eigenvalue weighted by Crippen LogP contribution is -2.32. The molecule has 3 atom stereocenters. The quantitative estimate of drug-likeness (QED) is 0.850. The predicted molar refractivity (Wildman–Crippen MR) is 94.7 cm³/mol. The molecular weight excluding hydrogens is 296 g/mol. The lowest BCUT2D eigenvalue weighted by Gasteiger charge is -2.24. The molecule has 4 rings (SSSR count). The maximum atomic E-state index is 13.0. The second-order valence-electron chi connectivity index (χ2n) is 7.24. The van der Waals surface area contributed by atoms with Gasteiger partial charge < -0.3 is 4.90 Å². The minimum atomic E-state index is 0.163. The van der Waals surface area contributed by atoms with Gasteiger partial charge in [0, 0.05) is 18.7 Å². The van der Waals surface area contributed by atoms with Crippen LogP contribution in [0, 0.1) is 19.8 Å². The fourth-order valence-electron chi connectivity index (χ4n) is 3.96. The van der Waals surface area contributed by atoms with Crippen molar-refractivity contribution < 1.29 is 4.79 Å². The van der Waals surface area contributed by atoms with E-state index >= 15 is 0 Å². The molecule has 1 aliphatic heterocycles. The molecule has 1 aliphatic carbocycles. The first-order valence-corrected chi connectivity index (χ1v) is 8.93. The van der Waals surface area contributed by atoms with Gasteiger partial charge in [-0.15, -0.1) is 0 Å². The van der Waals surface area contributed by atoms with Gasteiger partial charge in [-0.2, -0.15) is 0 Å². The first-order valence-electron chi connectivity index (χ1n) is 8.93. The van der Waals surface area contributed by atoms with Gasteiger partial charge >= 0.3 is 0 Å². The smallest absolute Gasteiger partial charge is 0.226 e. The zero-order valence-electron chi connectivity index (χ0n) is 14.4. The van der Waals surface area contributed by atoms with Crippen LogP contribution in [0.15, 0.2) is 42.6 Å². The van der Waals surface area contributed by atoms with Gasteiger partial charge in [0.1, 0.15) is 0 Å². The molecule has 3 heteroatoms. The van der Waals surface area contributed by atoms with Crippen molar-refractivity contribution in [2.45, 2.75) is 45.1 Å². The van der Waals surface area contributed by atoms with E-state index < -0.39 is 0 Å². The monoisotopic (exact) mass is 320 g/mol. The van der Waals surface area contributed by atoms with Crippen LogP contribution >= 0.6 is 0 Å². The third-order valence-corrected chi connectivity index (χ3v) is 5.63. The standard InChI is InChI=1S/C21H24N2O/c1-14-8-9-16(12-15(14)2)17-13-18(17)21(24)23-11-5-7-20(23)19-6-3-4-10-22-19/h3-4,6,8-10,12,17-18,20H,5,7,11,13H2,1-2H3/t17-,18-,20+/m0/s1. The van der Waals surface area contributed by atoms with Crippen LogP contribution in [0.5, 0.6) is 0 Å². The van der Waals surface area contributed by atoms with Gasteiger partial charge in [0.2, 0.25) is 5.91 Å². The number of likely N-dealkylation sites (tertiary alicyclic amines) is 1. The number of nitrogens with zero attached hydrogens (tertiary/aromatic N) is 2. The Labute approximate surface area is 143 Å². The van der Waals surface area contributed by atoms with Crippen LogP contribution in [0.1, 0.15) is 53.6 Å². The Morgan fingerprint density at radius 1 is 1.17 bits per heavy atom. The molecule has 0 radical (unpaired) electrons. The lowest BCUT2D eigenvalue weighted by atomic mass is 10.0. The molecule has 0 N–H and O–H groups in total. The molecule has 3 nitrogen and oxygen atoms in total. The highest BCUT2D eigenvalue weighted by Crippen LogP contribution is 2.50. The zero-order valence-corrected chi connectivity index (χ0v) is 14.4. The molecule has 2 fully saturated rings. The molecule has 0 bridgehead atoms. The molecule has 1 aromatic heterocycles. The van der Waals surface area contributed by atoms with Gasteiger partial charge in [0.05, 0.1) is 11.7 Å². The van der Waals surface area contributed by atoms with Gasteiger partial charge in [0.25, 0.3) is 0 Å². The summed E-state index contributed by atoms with van der Waals surface area (Å²) in [5.74, 6) is 0.893. The SMILES string of the molecule is Cc1ccc([C@@H]2C[C@@H]2C(=O)N2CCC[C@@H]2c2ccccn2)cc1C. The maximum absolute atomic E-state index is 13.0. The summed E-state index contributed by atoms with van der Waals surface area (Å²) in [5.41, 5.74) is 4.99. The summed E-state index contributed by atoms with van der Waals surface area (Å²) >= 11 is 0. The number of aromatic nitrogens is 1. The minimum absolute atomic E-state index is 0.163. The highest BCUT2D eigenvalue weighted by Gasteiger charge is 2.47. The number of amides is 1. The van der Waals surface area contributed by atoms with Crippen LogP contribution < -0.4 is 0 Å². The first kappa shape index (κ1) is 15.4. The van der Waals surface area contributed by atoms with Gasteiger partial charge in [-0.05, 0) is 67.9 Å². The normalized spacial score (nSPS) is 25.8. The number of carbonyl (C=O) groups is 1. The van der Waals surface area contributed by atoms with E-state index in [4.69, 9.17) is 0 Å². The van der Waals surface area contributed by atoms with Gasteiger partial charge in [0.15, 0.2) is 0 Å². The second kappa shape index (κ2) is 6.04. The topological polar surface area (TPSA) is 33.2 Å². The Morgan fingerprint density at radius 2 is 2.04 bits per heavy atom. The highest BCUT2D eigenvalue weighted by atomic mass is 16.2. The van der Waals surface area contributed by atoms with Crippen molar-refractivity contribution in [3.05, 3.63) is 65.0 Å². The lowest BCUT2D eigenvalue weighted by molar-refractivity contribution is -0.133. The van der Waals surface area contributed by atoms with E-state index in [1.807, 2.05) is 24.4 Å². The minimum Gasteiger partial charge on any atom is -0.334 e. The third-order valence-electron chi connectivity index (χ3n) is 5.63. The number of carbonyl (C=O) groups excluding carboxylic acids is 1. The van der Waals surface area contributed by atoms with Gasteiger partial charge in [-0.3, -0.25) is 9.78 Å². The van der Waals surface area contributed by atoms with E-state index in [2.05, 4.69) is 41.9 Å². The summed E-state index contributed by atoms with van der Waals surface area (Å²) in [6, 6.07) is 12.8. The van der Waals surface area contributed by atoms with E-state index in [0.29, 0.717) is 11.8 Å². The molecule has 2 aliphatic rings. The molecule has 1 amide bonds. The summed E-state index contributed by atoms with van der Waals surface area (Å²) in [6.07, 6.45) is 4.93. The Morgan fingerprint density at radius 3 is 2.79 bits per heavy atom. The molecule has 1 aromatic carbocycles. The van der Waals surface area contributed by atoms with Crippen molar-refractivity contribution in [2.24, 2.45) is 5.92 Å². The van der Waals surface area contributed by atoms with Crippen LogP contribution in [-0.2, 0) is 4.79 Å². The Hall–Kier alpha value is -2.16. The Kier molecular flexibility index (Phi) is 3.87. The third kappa shape index (κ3) is 2.72. The molecular formula is C21H24N2O. The van der Waals surface area contributed by atoms with Crippen LogP contribution in [0.4, 0.5) is 0 Å². The molecule has 0 spiro atoms. The predicted octanol–water partition coefficient (Wildman–Crippen LogP) is 4.17. The summed E-state index contributed by atoms with van der Waals surface area (Å²) in [4.78, 5) is 19.6. The molecule has 24 heavy (non-hydrogen) atoms. The van der Waals surface area contributed by atoms with Crippen LogP contribution in [0.3, 0.4) is 0 Å². The van der Waals surface area contributed by atoms with Crippen LogP contribution in [0.25, 0.3) is 0 Å². The largest absolute Gasteiger partial charge is 0.334 e. The fourth-order valence-corrected chi connectivity index (χ4v) is 3.96. The van der Waals surface area contributed by atoms with Crippen molar-refractivity contribution >= 4 is 5.91 Å². The summed E-state index contributed by atoms with van der Waals surface area (Å²) in [5, 5.41) is 0. The average Bonchev–Trinajstić information content (AvgIpc) is 3.25.